The topological polar surface area (TPSA) is 230 Å². The van der Waals surface area contributed by atoms with Crippen molar-refractivity contribution in [1.82, 2.24) is 20.9 Å². The van der Waals surface area contributed by atoms with Crippen LogP contribution < -0.4 is 27.4 Å². The Morgan fingerprint density at radius 1 is 0.972 bits per heavy atom. The highest BCUT2D eigenvalue weighted by molar-refractivity contribution is 7.80. The summed E-state index contributed by atoms with van der Waals surface area (Å²) in [4.78, 5) is 63.4. The molecule has 4 atom stereocenters. The zero-order valence-electron chi connectivity index (χ0n) is 19.3. The van der Waals surface area contributed by atoms with Crippen LogP contribution in [0.25, 0.3) is 10.9 Å². The van der Waals surface area contributed by atoms with Gasteiger partial charge in [0.05, 0.1) is 12.6 Å². The number of carboxylic acid groups (broad SMARTS) is 1. The highest BCUT2D eigenvalue weighted by Gasteiger charge is 2.30. The normalized spacial score (nSPS) is 14.3. The molecular weight excluding hydrogens is 492 g/mol. The SMILES string of the molecule is NC(=O)CCC(NC(=O)C(N)Cc1c[nH]c2ccccc12)C(=O)NC(CO)C(=O)NC(CS)C(=O)O. The maximum absolute atomic E-state index is 12.8. The molecule has 0 fully saturated rings. The molecule has 14 heteroatoms. The van der Waals surface area contributed by atoms with Crippen molar-refractivity contribution in [2.24, 2.45) is 11.5 Å². The summed E-state index contributed by atoms with van der Waals surface area (Å²) in [5.41, 5.74) is 12.9. The zero-order chi connectivity index (χ0) is 26.8. The second-order valence-electron chi connectivity index (χ2n) is 8.06. The molecule has 0 bridgehead atoms. The number of rotatable bonds is 14. The van der Waals surface area contributed by atoms with Gasteiger partial charge in [-0.2, -0.15) is 12.6 Å². The highest BCUT2D eigenvalue weighted by atomic mass is 32.1. The van der Waals surface area contributed by atoms with Crippen molar-refractivity contribution < 1.29 is 34.2 Å². The number of primary amides is 1. The quantitative estimate of drug-likeness (QED) is 0.123. The number of carbonyl (C=O) groups is 5. The molecule has 0 spiro atoms. The van der Waals surface area contributed by atoms with E-state index >= 15 is 0 Å². The molecule has 2 aromatic rings. The predicted molar refractivity (Wildman–Crippen MR) is 133 cm³/mol. The number of amides is 4. The van der Waals surface area contributed by atoms with E-state index in [4.69, 9.17) is 16.6 Å². The van der Waals surface area contributed by atoms with Gasteiger partial charge in [0.15, 0.2) is 0 Å². The predicted octanol–water partition coefficient (Wildman–Crippen LogP) is -2.24. The molecule has 0 aliphatic heterocycles. The lowest BCUT2D eigenvalue weighted by atomic mass is 10.0. The molecular formula is C22H30N6O7S. The number of aliphatic hydroxyl groups is 1. The highest BCUT2D eigenvalue weighted by Crippen LogP contribution is 2.18. The number of benzene rings is 1. The molecule has 0 saturated carbocycles. The lowest BCUT2D eigenvalue weighted by molar-refractivity contribution is -0.142. The van der Waals surface area contributed by atoms with Crippen molar-refractivity contribution in [3.05, 3.63) is 36.0 Å². The molecule has 36 heavy (non-hydrogen) atoms. The molecule has 0 radical (unpaired) electrons. The summed E-state index contributed by atoms with van der Waals surface area (Å²) in [6.45, 7) is -0.854. The lowest BCUT2D eigenvalue weighted by Crippen LogP contribution is -2.58. The van der Waals surface area contributed by atoms with Crippen molar-refractivity contribution >= 4 is 53.1 Å². The minimum atomic E-state index is -1.52. The van der Waals surface area contributed by atoms with Crippen LogP contribution in [0.2, 0.25) is 0 Å². The van der Waals surface area contributed by atoms with Crippen molar-refractivity contribution in [2.75, 3.05) is 12.4 Å². The number of nitrogens with two attached hydrogens (primary N) is 2. The van der Waals surface area contributed by atoms with Gasteiger partial charge < -0.3 is 42.6 Å². The van der Waals surface area contributed by atoms with Gasteiger partial charge in [-0.3, -0.25) is 19.2 Å². The fraction of sp³-hybridized carbons (Fsp3) is 0.409. The molecule has 0 saturated heterocycles. The van der Waals surface area contributed by atoms with E-state index in [0.29, 0.717) is 0 Å². The van der Waals surface area contributed by atoms with Crippen LogP contribution in [-0.2, 0) is 30.4 Å². The molecule has 1 aromatic heterocycles. The van der Waals surface area contributed by atoms with Crippen LogP contribution in [0.5, 0.6) is 0 Å². The number of para-hydroxylation sites is 1. The Bertz CT molecular complexity index is 1110. The molecule has 1 aromatic carbocycles. The van der Waals surface area contributed by atoms with Crippen molar-refractivity contribution in [2.45, 2.75) is 43.4 Å². The largest absolute Gasteiger partial charge is 0.480 e. The molecule has 4 amide bonds. The number of aliphatic hydroxyl groups excluding tert-OH is 1. The Labute approximate surface area is 211 Å². The first-order chi connectivity index (χ1) is 17.1. The van der Waals surface area contributed by atoms with E-state index in [-0.39, 0.29) is 25.0 Å². The second-order valence-corrected chi connectivity index (χ2v) is 8.43. The van der Waals surface area contributed by atoms with Crippen LogP contribution in [-0.4, -0.2) is 81.3 Å². The Morgan fingerprint density at radius 3 is 2.19 bits per heavy atom. The molecule has 4 unspecified atom stereocenters. The van der Waals surface area contributed by atoms with Gasteiger partial charge in [-0.1, -0.05) is 18.2 Å². The second kappa shape index (κ2) is 13.5. The van der Waals surface area contributed by atoms with E-state index in [1.165, 1.54) is 0 Å². The van der Waals surface area contributed by atoms with Crippen LogP contribution in [0.4, 0.5) is 0 Å². The number of aliphatic carboxylic acids is 1. The summed E-state index contributed by atoms with van der Waals surface area (Å²) in [5, 5.41) is 26.3. The van der Waals surface area contributed by atoms with Crippen LogP contribution >= 0.6 is 12.6 Å². The summed E-state index contributed by atoms with van der Waals surface area (Å²) < 4.78 is 0. The minimum Gasteiger partial charge on any atom is -0.480 e. The number of carboxylic acids is 1. The van der Waals surface area contributed by atoms with Gasteiger partial charge in [0, 0.05) is 29.3 Å². The van der Waals surface area contributed by atoms with E-state index in [9.17, 15) is 29.1 Å². The first-order valence-corrected chi connectivity index (χ1v) is 11.6. The summed E-state index contributed by atoms with van der Waals surface area (Å²) in [6, 6.07) is 2.23. The van der Waals surface area contributed by atoms with Gasteiger partial charge in [-0.05, 0) is 24.5 Å². The number of thiol groups is 1. The molecule has 196 valence electrons. The van der Waals surface area contributed by atoms with Gasteiger partial charge in [0.1, 0.15) is 18.1 Å². The third kappa shape index (κ3) is 7.96. The summed E-state index contributed by atoms with van der Waals surface area (Å²) >= 11 is 3.83. The Hall–Kier alpha value is -3.62. The standard InChI is InChI=1S/C22H30N6O7S/c23-13(7-11-8-25-14-4-2-1-3-12(11)14)19(31)26-15(5-6-18(24)30)20(32)27-16(9-29)21(33)28-17(10-36)22(34)35/h1-4,8,13,15-17,25,29,36H,5-7,9-10,23H2,(H2,24,30)(H,26,31)(H,27,32)(H,28,33)(H,34,35). The smallest absolute Gasteiger partial charge is 0.327 e. The average molecular weight is 523 g/mol. The Balaban J connectivity index is 2.08. The van der Waals surface area contributed by atoms with E-state index in [1.54, 1.807) is 6.20 Å². The average Bonchev–Trinajstić information content (AvgIpc) is 3.25. The number of H-pyrrole nitrogens is 1. The molecule has 2 rings (SSSR count). The number of fused-ring (bicyclic) bond motifs is 1. The van der Waals surface area contributed by atoms with Gasteiger partial charge >= 0.3 is 5.97 Å². The molecule has 0 aliphatic carbocycles. The number of hydrogen-bond donors (Lipinski definition) is 9. The van der Waals surface area contributed by atoms with Crippen LogP contribution in [0.15, 0.2) is 30.5 Å². The van der Waals surface area contributed by atoms with Crippen LogP contribution in [0.3, 0.4) is 0 Å². The first kappa shape index (κ1) is 28.6. The fourth-order valence-corrected chi connectivity index (χ4v) is 3.64. The first-order valence-electron chi connectivity index (χ1n) is 11.0. The lowest BCUT2D eigenvalue weighted by Gasteiger charge is -2.24. The summed E-state index contributed by atoms with van der Waals surface area (Å²) in [5.74, 6) is -4.84. The minimum absolute atomic E-state index is 0.155. The molecule has 10 N–H and O–H groups in total. The number of aromatic amines is 1. The van der Waals surface area contributed by atoms with Crippen molar-refractivity contribution in [1.29, 1.82) is 0 Å². The van der Waals surface area contributed by atoms with Gasteiger partial charge in [0.25, 0.3) is 0 Å². The summed E-state index contributed by atoms with van der Waals surface area (Å²) in [6.07, 6.45) is 1.43. The number of hydrogen-bond acceptors (Lipinski definition) is 8. The third-order valence-electron chi connectivity index (χ3n) is 5.38. The maximum atomic E-state index is 12.8. The third-order valence-corrected chi connectivity index (χ3v) is 5.74. The number of carbonyl (C=O) groups excluding carboxylic acids is 4. The Morgan fingerprint density at radius 2 is 1.58 bits per heavy atom. The molecule has 1 heterocycles. The summed E-state index contributed by atoms with van der Waals surface area (Å²) in [7, 11) is 0. The van der Waals surface area contributed by atoms with E-state index in [2.05, 4.69) is 33.6 Å². The van der Waals surface area contributed by atoms with E-state index in [0.717, 1.165) is 16.5 Å². The van der Waals surface area contributed by atoms with Crippen molar-refractivity contribution in [3.63, 3.8) is 0 Å². The van der Waals surface area contributed by atoms with E-state index in [1.807, 2.05) is 24.3 Å². The number of nitrogens with one attached hydrogen (secondary N) is 4. The van der Waals surface area contributed by atoms with Crippen LogP contribution in [0, 0.1) is 0 Å². The fourth-order valence-electron chi connectivity index (χ4n) is 3.39. The molecule has 0 aliphatic rings. The maximum Gasteiger partial charge on any atom is 0.327 e. The van der Waals surface area contributed by atoms with Gasteiger partial charge in [0.2, 0.25) is 23.6 Å². The van der Waals surface area contributed by atoms with Crippen molar-refractivity contribution in [3.8, 4) is 0 Å². The van der Waals surface area contributed by atoms with Gasteiger partial charge in [-0.25, -0.2) is 4.79 Å². The van der Waals surface area contributed by atoms with E-state index < -0.39 is 60.4 Å². The molecule has 13 nitrogen and oxygen atoms in total. The van der Waals surface area contributed by atoms with Gasteiger partial charge in [-0.15, -0.1) is 0 Å². The zero-order valence-corrected chi connectivity index (χ0v) is 20.2. The van der Waals surface area contributed by atoms with Crippen LogP contribution in [0.1, 0.15) is 18.4 Å². The monoisotopic (exact) mass is 522 g/mol. The Kier molecular flexibility index (Phi) is 10.7. The number of aromatic nitrogens is 1.